The van der Waals surface area contributed by atoms with Gasteiger partial charge in [0, 0.05) is 6.42 Å². The molecule has 0 saturated heterocycles. The number of hydrogen-bond donors (Lipinski definition) is 0. The summed E-state index contributed by atoms with van der Waals surface area (Å²) in [4.78, 5) is 10.9. The van der Waals surface area contributed by atoms with Gasteiger partial charge in [-0.15, -0.1) is 0 Å². The summed E-state index contributed by atoms with van der Waals surface area (Å²) >= 11 is 0. The van der Waals surface area contributed by atoms with Crippen molar-refractivity contribution in [3.8, 4) is 0 Å². The van der Waals surface area contributed by atoms with E-state index >= 15 is 0 Å². The van der Waals surface area contributed by atoms with Crippen LogP contribution in [0.1, 0.15) is 38.3 Å². The van der Waals surface area contributed by atoms with Crippen LogP contribution >= 0.6 is 0 Å². The number of carbonyl (C=O) groups is 1. The summed E-state index contributed by atoms with van der Waals surface area (Å²) in [5, 5.41) is 0. The second-order valence-corrected chi connectivity index (χ2v) is 4.39. The minimum atomic E-state index is 0.285. The summed E-state index contributed by atoms with van der Waals surface area (Å²) in [5.41, 5.74) is 2.71. The molecule has 1 rings (SSSR count). The number of hydrogen-bond acceptors (Lipinski definition) is 1. The Morgan fingerprint density at radius 2 is 1.73 bits per heavy atom. The van der Waals surface area contributed by atoms with Crippen LogP contribution in [-0.4, -0.2) is 5.78 Å². The molecule has 1 aromatic carbocycles. The molecule has 1 atom stereocenters. The molecule has 0 saturated carbocycles. The summed E-state index contributed by atoms with van der Waals surface area (Å²) < 4.78 is 0. The fourth-order valence-electron chi connectivity index (χ4n) is 1.88. The molecule has 0 aliphatic carbocycles. The quantitative estimate of drug-likeness (QED) is 0.718. The van der Waals surface area contributed by atoms with Crippen LogP contribution in [0, 0.1) is 5.92 Å². The summed E-state index contributed by atoms with van der Waals surface area (Å²) in [5.74, 6) is 0.739. The van der Waals surface area contributed by atoms with Gasteiger partial charge in [-0.1, -0.05) is 38.1 Å². The molecule has 0 N–H and O–H groups in total. The highest BCUT2D eigenvalue weighted by molar-refractivity contribution is 5.75. The molecule has 1 nitrogen and oxygen atoms in total. The van der Waals surface area contributed by atoms with Crippen LogP contribution in [0.5, 0.6) is 0 Å². The van der Waals surface area contributed by atoms with Crippen LogP contribution in [0.15, 0.2) is 24.3 Å². The zero-order valence-corrected chi connectivity index (χ0v) is 9.92. The molecule has 0 spiro atoms. The molecule has 1 heteroatoms. The Bertz CT molecular complexity index is 311. The zero-order chi connectivity index (χ0) is 11.3. The molecule has 15 heavy (non-hydrogen) atoms. The van der Waals surface area contributed by atoms with Crippen molar-refractivity contribution in [3.63, 3.8) is 0 Å². The second kappa shape index (κ2) is 5.69. The lowest BCUT2D eigenvalue weighted by molar-refractivity contribution is -0.117. The zero-order valence-electron chi connectivity index (χ0n) is 9.92. The first-order chi connectivity index (χ1) is 7.11. The van der Waals surface area contributed by atoms with Gasteiger partial charge in [0.05, 0.1) is 0 Å². The van der Waals surface area contributed by atoms with Gasteiger partial charge in [0.1, 0.15) is 5.78 Å². The lowest BCUT2D eigenvalue weighted by atomic mass is 9.96. The maximum Gasteiger partial charge on any atom is 0.130 e. The van der Waals surface area contributed by atoms with E-state index in [0.717, 1.165) is 12.8 Å². The van der Waals surface area contributed by atoms with E-state index in [9.17, 15) is 4.79 Å². The minimum absolute atomic E-state index is 0.285. The van der Waals surface area contributed by atoms with Crippen molar-refractivity contribution in [1.29, 1.82) is 0 Å². The average molecular weight is 204 g/mol. The molecule has 0 aromatic heterocycles. The van der Waals surface area contributed by atoms with Gasteiger partial charge in [0.25, 0.3) is 0 Å². The Hall–Kier alpha value is -1.11. The van der Waals surface area contributed by atoms with Gasteiger partial charge >= 0.3 is 0 Å². The van der Waals surface area contributed by atoms with Crippen molar-refractivity contribution in [2.75, 3.05) is 0 Å². The van der Waals surface area contributed by atoms with E-state index in [1.807, 2.05) is 0 Å². The Labute approximate surface area is 92.5 Å². The highest BCUT2D eigenvalue weighted by Gasteiger charge is 2.06. The molecule has 1 unspecified atom stereocenters. The highest BCUT2D eigenvalue weighted by Crippen LogP contribution is 2.13. The van der Waals surface area contributed by atoms with E-state index in [-0.39, 0.29) is 5.78 Å². The molecule has 0 aliphatic rings. The SMILES string of the molecule is CCc1ccc(CC(C)CC(C)=O)cc1. The minimum Gasteiger partial charge on any atom is -0.300 e. The normalized spacial score (nSPS) is 12.5. The molecule has 0 radical (unpaired) electrons. The van der Waals surface area contributed by atoms with Crippen molar-refractivity contribution in [2.24, 2.45) is 5.92 Å². The van der Waals surface area contributed by atoms with Crippen LogP contribution in [0.2, 0.25) is 0 Å². The summed E-state index contributed by atoms with van der Waals surface area (Å²) in [6.07, 6.45) is 2.78. The Morgan fingerprint density at radius 1 is 1.20 bits per heavy atom. The summed E-state index contributed by atoms with van der Waals surface area (Å²) in [6.45, 7) is 5.96. The van der Waals surface area contributed by atoms with E-state index in [4.69, 9.17) is 0 Å². The first kappa shape index (κ1) is 12.0. The predicted molar refractivity (Wildman–Crippen MR) is 64.0 cm³/mol. The molecule has 82 valence electrons. The molecule has 0 bridgehead atoms. The summed E-state index contributed by atoms with van der Waals surface area (Å²) in [6, 6.07) is 8.70. The van der Waals surface area contributed by atoms with Crippen LogP contribution in [0.25, 0.3) is 0 Å². The first-order valence-electron chi connectivity index (χ1n) is 5.69. The fraction of sp³-hybridized carbons (Fsp3) is 0.500. The fourth-order valence-corrected chi connectivity index (χ4v) is 1.88. The Balaban J connectivity index is 2.53. The highest BCUT2D eigenvalue weighted by atomic mass is 16.1. The van der Waals surface area contributed by atoms with Crippen LogP contribution in [0.3, 0.4) is 0 Å². The second-order valence-electron chi connectivity index (χ2n) is 4.39. The topological polar surface area (TPSA) is 17.1 Å². The van der Waals surface area contributed by atoms with Gasteiger partial charge in [-0.25, -0.2) is 0 Å². The maximum absolute atomic E-state index is 10.9. The van der Waals surface area contributed by atoms with E-state index in [1.54, 1.807) is 6.92 Å². The maximum atomic E-state index is 10.9. The van der Waals surface area contributed by atoms with E-state index in [2.05, 4.69) is 38.1 Å². The molecular formula is C14H20O. The van der Waals surface area contributed by atoms with Gasteiger partial charge < -0.3 is 4.79 Å². The van der Waals surface area contributed by atoms with Gasteiger partial charge in [-0.05, 0) is 36.8 Å². The third-order valence-electron chi connectivity index (χ3n) is 2.65. The largest absolute Gasteiger partial charge is 0.300 e. The molecule has 0 aliphatic heterocycles. The molecular weight excluding hydrogens is 184 g/mol. The van der Waals surface area contributed by atoms with Crippen LogP contribution < -0.4 is 0 Å². The number of benzene rings is 1. The van der Waals surface area contributed by atoms with Crippen molar-refractivity contribution in [1.82, 2.24) is 0 Å². The number of carbonyl (C=O) groups excluding carboxylic acids is 1. The number of rotatable bonds is 5. The number of aryl methyl sites for hydroxylation is 1. The van der Waals surface area contributed by atoms with Crippen molar-refractivity contribution < 1.29 is 4.79 Å². The smallest absolute Gasteiger partial charge is 0.130 e. The van der Waals surface area contributed by atoms with Crippen LogP contribution in [-0.2, 0) is 17.6 Å². The first-order valence-corrected chi connectivity index (χ1v) is 5.69. The Morgan fingerprint density at radius 3 is 2.20 bits per heavy atom. The third-order valence-corrected chi connectivity index (χ3v) is 2.65. The standard InChI is InChI=1S/C14H20O/c1-4-13-5-7-14(8-6-13)10-11(2)9-12(3)15/h5-8,11H,4,9-10H2,1-3H3. The van der Waals surface area contributed by atoms with E-state index in [1.165, 1.54) is 11.1 Å². The molecule has 1 aromatic rings. The average Bonchev–Trinajstić information content (AvgIpc) is 2.17. The molecule has 0 heterocycles. The molecule has 0 fully saturated rings. The lowest BCUT2D eigenvalue weighted by Gasteiger charge is -2.09. The van der Waals surface area contributed by atoms with Crippen LogP contribution in [0.4, 0.5) is 0 Å². The van der Waals surface area contributed by atoms with Crippen molar-refractivity contribution in [2.45, 2.75) is 40.0 Å². The summed E-state index contributed by atoms with van der Waals surface area (Å²) in [7, 11) is 0. The monoisotopic (exact) mass is 204 g/mol. The number of Topliss-reactive ketones (excluding diaryl/α,β-unsaturated/α-hetero) is 1. The van der Waals surface area contributed by atoms with Gasteiger partial charge in [-0.3, -0.25) is 0 Å². The van der Waals surface area contributed by atoms with E-state index in [0.29, 0.717) is 12.3 Å². The van der Waals surface area contributed by atoms with E-state index < -0.39 is 0 Å². The van der Waals surface area contributed by atoms with Crippen molar-refractivity contribution in [3.05, 3.63) is 35.4 Å². The molecule has 0 amide bonds. The van der Waals surface area contributed by atoms with Crippen molar-refractivity contribution >= 4 is 5.78 Å². The van der Waals surface area contributed by atoms with Gasteiger partial charge in [-0.2, -0.15) is 0 Å². The third kappa shape index (κ3) is 4.28. The number of ketones is 1. The van der Waals surface area contributed by atoms with Gasteiger partial charge in [0.2, 0.25) is 0 Å². The lowest BCUT2D eigenvalue weighted by Crippen LogP contribution is -2.05. The van der Waals surface area contributed by atoms with Gasteiger partial charge in [0.15, 0.2) is 0 Å². The predicted octanol–water partition coefficient (Wildman–Crippen LogP) is 3.41. The Kier molecular flexibility index (Phi) is 4.54.